The van der Waals surface area contributed by atoms with Crippen LogP contribution in [0, 0.1) is 0 Å². The summed E-state index contributed by atoms with van der Waals surface area (Å²) in [7, 11) is 3.39. The third kappa shape index (κ3) is 3.73. The van der Waals surface area contributed by atoms with E-state index in [2.05, 4.69) is 4.98 Å². The minimum absolute atomic E-state index is 0.156. The van der Waals surface area contributed by atoms with E-state index in [9.17, 15) is 9.59 Å². The molecule has 0 aliphatic heterocycles. The van der Waals surface area contributed by atoms with Gasteiger partial charge in [0.25, 0.3) is 5.56 Å². The number of fused-ring (bicyclic) bond motifs is 1. The fourth-order valence-corrected chi connectivity index (χ4v) is 4.13. The molecule has 148 valence electrons. The molecule has 0 amide bonds. The second-order valence-electron chi connectivity index (χ2n) is 6.54. The Bertz CT molecular complexity index is 1320. The number of aromatic nitrogens is 4. The summed E-state index contributed by atoms with van der Waals surface area (Å²) >= 11 is 13.3. The lowest BCUT2D eigenvalue weighted by Crippen LogP contribution is -2.39. The molecule has 29 heavy (non-hydrogen) atoms. The molecular weight excluding hydrogens is 431 g/mol. The molecule has 0 unspecified atom stereocenters. The van der Waals surface area contributed by atoms with Crippen molar-refractivity contribution in [2.45, 2.75) is 16.6 Å². The molecule has 0 saturated carbocycles. The molecule has 4 rings (SSSR count). The monoisotopic (exact) mass is 446 g/mol. The lowest BCUT2D eigenvalue weighted by atomic mass is 10.2. The minimum Gasteiger partial charge on any atom is -0.316 e. The number of nitrogens with zero attached hydrogens (tertiary/aromatic N) is 4. The van der Waals surface area contributed by atoms with Crippen molar-refractivity contribution in [3.63, 3.8) is 0 Å². The summed E-state index contributed by atoms with van der Waals surface area (Å²) in [6, 6.07) is 14.4. The van der Waals surface area contributed by atoms with Gasteiger partial charge < -0.3 is 4.57 Å². The molecule has 0 spiro atoms. The van der Waals surface area contributed by atoms with Crippen molar-refractivity contribution in [1.29, 1.82) is 0 Å². The zero-order chi connectivity index (χ0) is 20.7. The van der Waals surface area contributed by atoms with Crippen molar-refractivity contribution in [2.24, 2.45) is 14.1 Å². The van der Waals surface area contributed by atoms with Gasteiger partial charge in [-0.1, -0.05) is 47.1 Å². The quantitative estimate of drug-likeness (QED) is 0.476. The van der Waals surface area contributed by atoms with Gasteiger partial charge in [0, 0.05) is 29.0 Å². The topological polar surface area (TPSA) is 61.8 Å². The van der Waals surface area contributed by atoms with E-state index in [4.69, 9.17) is 23.2 Å². The Labute approximate surface area is 180 Å². The molecule has 0 fully saturated rings. The van der Waals surface area contributed by atoms with Gasteiger partial charge in [-0.15, -0.1) is 0 Å². The summed E-state index contributed by atoms with van der Waals surface area (Å²) in [6.07, 6.45) is 0. The molecule has 2 aromatic carbocycles. The van der Waals surface area contributed by atoms with Crippen LogP contribution >= 0.6 is 35.0 Å². The molecule has 0 aliphatic rings. The third-order valence-electron chi connectivity index (χ3n) is 4.60. The standard InChI is InChI=1S/C20H16Cl2N4O2S/c1-24-16-17(23-19(24)29-15-9-7-14(22)8-10-15)25(2)20(28)26(18(16)27)11-12-3-5-13(21)6-4-12/h3-10H,11H2,1-2H3. The number of benzene rings is 2. The molecule has 0 N–H and O–H groups in total. The van der Waals surface area contributed by atoms with Crippen molar-refractivity contribution in [3.8, 4) is 0 Å². The van der Waals surface area contributed by atoms with Gasteiger partial charge in [0.2, 0.25) is 0 Å². The first-order chi connectivity index (χ1) is 13.8. The molecular formula is C20H16Cl2N4O2S. The highest BCUT2D eigenvalue weighted by Crippen LogP contribution is 2.29. The molecule has 2 aromatic heterocycles. The predicted molar refractivity (Wildman–Crippen MR) is 116 cm³/mol. The second kappa shape index (κ2) is 7.74. The molecule has 9 heteroatoms. The first-order valence-corrected chi connectivity index (χ1v) is 10.3. The van der Waals surface area contributed by atoms with E-state index in [1.165, 1.54) is 20.9 Å². The van der Waals surface area contributed by atoms with Crippen LogP contribution in [0.5, 0.6) is 0 Å². The van der Waals surface area contributed by atoms with E-state index in [0.29, 0.717) is 26.4 Å². The van der Waals surface area contributed by atoms with Crippen LogP contribution in [0.1, 0.15) is 5.56 Å². The molecule has 6 nitrogen and oxygen atoms in total. The maximum atomic E-state index is 13.1. The molecule has 0 bridgehead atoms. The van der Waals surface area contributed by atoms with Crippen LogP contribution in [0.4, 0.5) is 0 Å². The maximum absolute atomic E-state index is 13.1. The Morgan fingerprint density at radius 3 is 2.10 bits per heavy atom. The van der Waals surface area contributed by atoms with Crippen LogP contribution < -0.4 is 11.2 Å². The molecule has 0 atom stereocenters. The maximum Gasteiger partial charge on any atom is 0.332 e. The lowest BCUT2D eigenvalue weighted by molar-refractivity contribution is 0.655. The Balaban J connectivity index is 1.82. The van der Waals surface area contributed by atoms with Crippen molar-refractivity contribution in [2.75, 3.05) is 0 Å². The van der Waals surface area contributed by atoms with Gasteiger partial charge in [-0.3, -0.25) is 13.9 Å². The van der Waals surface area contributed by atoms with Gasteiger partial charge in [-0.25, -0.2) is 9.78 Å². The van der Waals surface area contributed by atoms with Gasteiger partial charge in [0.1, 0.15) is 0 Å². The largest absolute Gasteiger partial charge is 0.332 e. The number of aryl methyl sites for hydroxylation is 2. The van der Waals surface area contributed by atoms with E-state index in [0.717, 1.165) is 10.5 Å². The summed E-state index contributed by atoms with van der Waals surface area (Å²) in [5, 5.41) is 1.85. The Hall–Kier alpha value is -2.48. The normalized spacial score (nSPS) is 11.3. The summed E-state index contributed by atoms with van der Waals surface area (Å²) in [5.74, 6) is 0. The average Bonchev–Trinajstić information content (AvgIpc) is 3.03. The highest BCUT2D eigenvalue weighted by Gasteiger charge is 2.19. The number of rotatable bonds is 4. The first kappa shape index (κ1) is 19.8. The summed E-state index contributed by atoms with van der Waals surface area (Å²) in [4.78, 5) is 31.4. The van der Waals surface area contributed by atoms with E-state index in [1.54, 1.807) is 55.1 Å². The van der Waals surface area contributed by atoms with Crippen LogP contribution in [0.2, 0.25) is 10.0 Å². The van der Waals surface area contributed by atoms with Gasteiger partial charge in [0.05, 0.1) is 6.54 Å². The highest BCUT2D eigenvalue weighted by molar-refractivity contribution is 7.99. The van der Waals surface area contributed by atoms with Crippen LogP contribution in [0.15, 0.2) is 68.2 Å². The smallest absolute Gasteiger partial charge is 0.316 e. The lowest BCUT2D eigenvalue weighted by Gasteiger charge is -2.09. The van der Waals surface area contributed by atoms with Crippen LogP contribution in [0.3, 0.4) is 0 Å². The molecule has 4 aromatic rings. The Morgan fingerprint density at radius 1 is 0.897 bits per heavy atom. The fraction of sp³-hybridized carbons (Fsp3) is 0.150. The van der Waals surface area contributed by atoms with Crippen LogP contribution in [-0.4, -0.2) is 18.7 Å². The van der Waals surface area contributed by atoms with E-state index in [1.807, 2.05) is 12.1 Å². The molecule has 2 heterocycles. The molecule has 0 radical (unpaired) electrons. The number of hydrogen-bond acceptors (Lipinski definition) is 4. The van der Waals surface area contributed by atoms with Gasteiger partial charge in [-0.2, -0.15) is 0 Å². The summed E-state index contributed by atoms with van der Waals surface area (Å²) in [6.45, 7) is 0.156. The second-order valence-corrected chi connectivity index (χ2v) is 8.45. The van der Waals surface area contributed by atoms with Crippen LogP contribution in [-0.2, 0) is 20.6 Å². The zero-order valence-corrected chi connectivity index (χ0v) is 17.9. The molecule has 0 aliphatic carbocycles. The van der Waals surface area contributed by atoms with E-state index >= 15 is 0 Å². The summed E-state index contributed by atoms with van der Waals surface area (Å²) < 4.78 is 4.33. The third-order valence-corrected chi connectivity index (χ3v) is 6.16. The highest BCUT2D eigenvalue weighted by atomic mass is 35.5. The van der Waals surface area contributed by atoms with E-state index < -0.39 is 5.69 Å². The number of hydrogen-bond donors (Lipinski definition) is 0. The van der Waals surface area contributed by atoms with Crippen LogP contribution in [0.25, 0.3) is 11.2 Å². The Morgan fingerprint density at radius 2 is 1.48 bits per heavy atom. The predicted octanol–water partition coefficient (Wildman–Crippen LogP) is 3.94. The number of halogens is 2. The van der Waals surface area contributed by atoms with Gasteiger partial charge in [0.15, 0.2) is 16.3 Å². The fourth-order valence-electron chi connectivity index (χ4n) is 3.03. The van der Waals surface area contributed by atoms with Crippen molar-refractivity contribution in [3.05, 3.63) is 85.0 Å². The van der Waals surface area contributed by atoms with Crippen molar-refractivity contribution < 1.29 is 0 Å². The Kier molecular flexibility index (Phi) is 5.29. The van der Waals surface area contributed by atoms with Crippen molar-refractivity contribution >= 4 is 46.1 Å². The van der Waals surface area contributed by atoms with Crippen molar-refractivity contribution in [1.82, 2.24) is 18.7 Å². The number of imidazole rings is 1. The minimum atomic E-state index is -0.418. The van der Waals surface area contributed by atoms with Gasteiger partial charge >= 0.3 is 5.69 Å². The zero-order valence-electron chi connectivity index (χ0n) is 15.6. The first-order valence-electron chi connectivity index (χ1n) is 8.69. The average molecular weight is 447 g/mol. The van der Waals surface area contributed by atoms with E-state index in [-0.39, 0.29) is 12.1 Å². The molecule has 0 saturated heterocycles. The SMILES string of the molecule is Cn1c(Sc2ccc(Cl)cc2)nc2c1c(=O)n(Cc1ccc(Cl)cc1)c(=O)n2C. The van der Waals surface area contributed by atoms with Gasteiger partial charge in [-0.05, 0) is 42.0 Å². The summed E-state index contributed by atoms with van der Waals surface area (Å²) in [5.41, 5.74) is 0.740.